The minimum Gasteiger partial charge on any atom is -0.257 e. The molecule has 0 atom stereocenters. The van der Waals surface area contributed by atoms with Crippen LogP contribution in [0.15, 0.2) is 4.79 Å². The summed E-state index contributed by atoms with van der Waals surface area (Å²) < 4.78 is 1.55. The molecule has 1 heterocycles. The first-order chi connectivity index (χ1) is 5.24. The van der Waals surface area contributed by atoms with Crippen LogP contribution >= 0.6 is 11.6 Å². The van der Waals surface area contributed by atoms with E-state index < -0.39 is 0 Å². The molecule has 0 bridgehead atoms. The van der Waals surface area contributed by atoms with Crippen molar-refractivity contribution in [3.8, 4) is 0 Å². The number of hydrogen-bond donors (Lipinski definition) is 1. The second-order valence-corrected chi connectivity index (χ2v) is 2.64. The molecule has 0 unspecified atom stereocenters. The van der Waals surface area contributed by atoms with Gasteiger partial charge in [0.25, 0.3) is 0 Å². The van der Waals surface area contributed by atoms with Gasteiger partial charge in [-0.05, 0) is 18.0 Å². The predicted octanol–water partition coefficient (Wildman–Crippen LogP) is 1.02. The summed E-state index contributed by atoms with van der Waals surface area (Å²) in [5.74, 6) is 0. The fourth-order valence-corrected chi connectivity index (χ4v) is 0.999. The highest BCUT2D eigenvalue weighted by Crippen LogP contribution is 2.00. The van der Waals surface area contributed by atoms with Crippen LogP contribution in [0.5, 0.6) is 0 Å². The van der Waals surface area contributed by atoms with E-state index in [1.165, 1.54) is 0 Å². The Hall–Kier alpha value is -0.770. The van der Waals surface area contributed by atoms with Crippen molar-refractivity contribution < 1.29 is 0 Å². The van der Waals surface area contributed by atoms with Crippen LogP contribution in [0, 0.1) is 0 Å². The number of hydrogen-bond acceptors (Lipinski definition) is 2. The van der Waals surface area contributed by atoms with Gasteiger partial charge in [-0.2, -0.15) is 4.98 Å². The highest BCUT2D eigenvalue weighted by atomic mass is 35.5. The summed E-state index contributed by atoms with van der Waals surface area (Å²) in [6, 6.07) is 0. The van der Waals surface area contributed by atoms with Crippen molar-refractivity contribution in [2.24, 2.45) is 0 Å². The Morgan fingerprint density at radius 1 is 1.73 bits per heavy atom. The van der Waals surface area contributed by atoms with Gasteiger partial charge in [-0.3, -0.25) is 4.68 Å². The van der Waals surface area contributed by atoms with Gasteiger partial charge in [0, 0.05) is 6.54 Å². The zero-order chi connectivity index (χ0) is 8.27. The highest BCUT2D eigenvalue weighted by Gasteiger charge is 2.00. The van der Waals surface area contributed by atoms with E-state index in [9.17, 15) is 4.79 Å². The van der Waals surface area contributed by atoms with Crippen molar-refractivity contribution in [3.63, 3.8) is 0 Å². The number of rotatable bonds is 3. The number of halogens is 1. The van der Waals surface area contributed by atoms with Gasteiger partial charge in [0.15, 0.2) is 0 Å². The van der Waals surface area contributed by atoms with Gasteiger partial charge >= 0.3 is 5.69 Å². The first kappa shape index (κ1) is 8.33. The van der Waals surface area contributed by atoms with Crippen molar-refractivity contribution in [1.29, 1.82) is 0 Å². The van der Waals surface area contributed by atoms with Crippen LogP contribution in [0.4, 0.5) is 0 Å². The van der Waals surface area contributed by atoms with Crippen LogP contribution in [0.3, 0.4) is 0 Å². The molecule has 0 fully saturated rings. The first-order valence-corrected chi connectivity index (χ1v) is 3.94. The monoisotopic (exact) mass is 175 g/mol. The highest BCUT2D eigenvalue weighted by molar-refractivity contribution is 6.28. The Bertz CT molecular complexity index is 278. The van der Waals surface area contributed by atoms with E-state index in [1.807, 2.05) is 0 Å². The zero-order valence-electron chi connectivity index (χ0n) is 6.30. The molecule has 0 radical (unpaired) electrons. The smallest absolute Gasteiger partial charge is 0.257 e. The normalized spacial score (nSPS) is 10.4. The van der Waals surface area contributed by atoms with Crippen LogP contribution in [0.2, 0.25) is 5.28 Å². The van der Waals surface area contributed by atoms with E-state index in [0.717, 1.165) is 19.4 Å². The van der Waals surface area contributed by atoms with E-state index in [1.54, 1.807) is 4.68 Å². The number of aromatic amines is 1. The lowest BCUT2D eigenvalue weighted by Crippen LogP contribution is -2.06. The van der Waals surface area contributed by atoms with Gasteiger partial charge in [-0.25, -0.2) is 9.89 Å². The topological polar surface area (TPSA) is 50.7 Å². The van der Waals surface area contributed by atoms with E-state index in [0.29, 0.717) is 0 Å². The average molecular weight is 176 g/mol. The number of aryl methyl sites for hydroxylation is 1. The Balaban J connectivity index is 2.69. The van der Waals surface area contributed by atoms with Crippen molar-refractivity contribution >= 4 is 11.6 Å². The molecular formula is C6H10ClN3O. The molecule has 0 amide bonds. The molecule has 0 aliphatic carbocycles. The number of unbranched alkanes of at least 4 members (excludes halogenated alkanes) is 1. The zero-order valence-corrected chi connectivity index (χ0v) is 7.06. The molecule has 0 aliphatic heterocycles. The molecule has 0 saturated heterocycles. The molecule has 5 heteroatoms. The number of nitrogens with zero attached hydrogens (tertiary/aromatic N) is 2. The third-order valence-corrected chi connectivity index (χ3v) is 1.67. The molecular weight excluding hydrogens is 166 g/mol. The van der Waals surface area contributed by atoms with E-state index in [2.05, 4.69) is 17.0 Å². The van der Waals surface area contributed by atoms with Gasteiger partial charge in [0.05, 0.1) is 0 Å². The molecule has 0 aliphatic rings. The third kappa shape index (κ3) is 2.08. The summed E-state index contributed by atoms with van der Waals surface area (Å²) in [5, 5.41) is 2.74. The van der Waals surface area contributed by atoms with Gasteiger partial charge in [-0.1, -0.05) is 13.3 Å². The van der Waals surface area contributed by atoms with Crippen LogP contribution in [0.1, 0.15) is 19.8 Å². The Morgan fingerprint density at radius 2 is 2.45 bits per heavy atom. The Morgan fingerprint density at radius 3 is 2.91 bits per heavy atom. The number of nitrogens with one attached hydrogen (secondary N) is 1. The quantitative estimate of drug-likeness (QED) is 0.746. The summed E-state index contributed by atoms with van der Waals surface area (Å²) in [6.45, 7) is 2.80. The lowest BCUT2D eigenvalue weighted by molar-refractivity contribution is 0.568. The van der Waals surface area contributed by atoms with Crippen molar-refractivity contribution in [1.82, 2.24) is 14.8 Å². The molecule has 1 N–H and O–H groups in total. The van der Waals surface area contributed by atoms with E-state index in [-0.39, 0.29) is 11.0 Å². The minimum atomic E-state index is -0.383. The summed E-state index contributed by atoms with van der Waals surface area (Å²) in [6.07, 6.45) is 2.06. The van der Waals surface area contributed by atoms with Crippen molar-refractivity contribution in [3.05, 3.63) is 15.8 Å². The van der Waals surface area contributed by atoms with E-state index in [4.69, 9.17) is 11.6 Å². The maximum Gasteiger partial charge on any atom is 0.362 e. The number of aromatic nitrogens is 3. The Labute approximate surface area is 69.2 Å². The second-order valence-electron chi connectivity index (χ2n) is 2.30. The molecule has 1 aromatic heterocycles. The second kappa shape index (κ2) is 3.57. The summed E-state index contributed by atoms with van der Waals surface area (Å²) in [5.41, 5.74) is -0.383. The minimum absolute atomic E-state index is 0.239. The fourth-order valence-electron chi connectivity index (χ4n) is 0.795. The van der Waals surface area contributed by atoms with Gasteiger partial charge < -0.3 is 0 Å². The van der Waals surface area contributed by atoms with Gasteiger partial charge in [-0.15, -0.1) is 0 Å². The molecule has 11 heavy (non-hydrogen) atoms. The van der Waals surface area contributed by atoms with Crippen LogP contribution in [-0.4, -0.2) is 14.8 Å². The maximum atomic E-state index is 10.6. The SMILES string of the molecule is CCCCn1[nH]c(=O)nc1Cl. The standard InChI is InChI=1S/C6H10ClN3O/c1-2-3-4-10-5(7)8-6(11)9-10/h2-4H2,1H3,(H,9,11). The van der Waals surface area contributed by atoms with Crippen LogP contribution < -0.4 is 5.69 Å². The molecule has 0 saturated carbocycles. The Kier molecular flexibility index (Phi) is 2.70. The van der Waals surface area contributed by atoms with Crippen LogP contribution in [0.25, 0.3) is 0 Å². The molecule has 1 rings (SSSR count). The third-order valence-electron chi connectivity index (χ3n) is 1.38. The fraction of sp³-hybridized carbons (Fsp3) is 0.667. The first-order valence-electron chi connectivity index (χ1n) is 3.56. The largest absolute Gasteiger partial charge is 0.362 e. The molecule has 0 aromatic carbocycles. The van der Waals surface area contributed by atoms with Gasteiger partial charge in [0.2, 0.25) is 5.28 Å². The van der Waals surface area contributed by atoms with Crippen LogP contribution in [-0.2, 0) is 6.54 Å². The summed E-state index contributed by atoms with van der Waals surface area (Å²) >= 11 is 5.60. The predicted molar refractivity (Wildman–Crippen MR) is 42.8 cm³/mol. The van der Waals surface area contributed by atoms with Crippen molar-refractivity contribution in [2.75, 3.05) is 0 Å². The summed E-state index contributed by atoms with van der Waals surface area (Å²) in [7, 11) is 0. The van der Waals surface area contributed by atoms with E-state index >= 15 is 0 Å². The molecule has 0 spiro atoms. The lowest BCUT2D eigenvalue weighted by Gasteiger charge is -1.98. The molecule has 62 valence electrons. The molecule has 1 aromatic rings. The molecule has 4 nitrogen and oxygen atoms in total. The number of H-pyrrole nitrogens is 1. The lowest BCUT2D eigenvalue weighted by atomic mass is 10.3. The summed E-state index contributed by atoms with van der Waals surface area (Å²) in [4.78, 5) is 14.1. The van der Waals surface area contributed by atoms with Gasteiger partial charge in [0.1, 0.15) is 0 Å². The average Bonchev–Trinajstić information content (AvgIpc) is 2.26. The van der Waals surface area contributed by atoms with Crippen molar-refractivity contribution in [2.45, 2.75) is 26.3 Å². The maximum absolute atomic E-state index is 10.6.